The number of nitrogens with zero attached hydrogens (tertiary/aromatic N) is 1. The van der Waals surface area contributed by atoms with E-state index in [1.54, 1.807) is 29.2 Å². The zero-order valence-corrected chi connectivity index (χ0v) is 17.4. The second-order valence-corrected chi connectivity index (χ2v) is 9.59. The van der Waals surface area contributed by atoms with Gasteiger partial charge in [-0.1, -0.05) is 42.8 Å². The van der Waals surface area contributed by atoms with Crippen LogP contribution in [0, 0.1) is 0 Å². The predicted molar refractivity (Wildman–Crippen MR) is 111 cm³/mol. The average molecular weight is 422 g/mol. The summed E-state index contributed by atoms with van der Waals surface area (Å²) in [5, 5.41) is 0.557. The van der Waals surface area contributed by atoms with E-state index in [2.05, 4.69) is 0 Å². The number of hydrogen-bond donors (Lipinski definition) is 0. The Morgan fingerprint density at radius 1 is 1.21 bits per heavy atom. The summed E-state index contributed by atoms with van der Waals surface area (Å²) in [6.07, 6.45) is 1.31. The van der Waals surface area contributed by atoms with Gasteiger partial charge in [0.15, 0.2) is 9.84 Å². The Kier molecular flexibility index (Phi) is 6.62. The smallest absolute Gasteiger partial charge is 0.254 e. The molecule has 0 unspecified atom stereocenters. The first-order chi connectivity index (χ1) is 13.4. The molecular formula is C21H24ClNO4S. The molecule has 0 spiro atoms. The van der Waals surface area contributed by atoms with E-state index in [4.69, 9.17) is 16.3 Å². The fourth-order valence-electron chi connectivity index (χ4n) is 3.30. The molecule has 1 atom stereocenters. The predicted octanol–water partition coefficient (Wildman–Crippen LogP) is 3.96. The van der Waals surface area contributed by atoms with Gasteiger partial charge in [0.2, 0.25) is 0 Å². The minimum absolute atomic E-state index is 0.0186. The highest BCUT2D eigenvalue weighted by atomic mass is 35.5. The van der Waals surface area contributed by atoms with E-state index < -0.39 is 9.84 Å². The first-order valence-corrected chi connectivity index (χ1v) is 11.6. The molecule has 1 fully saturated rings. The quantitative estimate of drug-likeness (QED) is 0.678. The summed E-state index contributed by atoms with van der Waals surface area (Å²) in [6, 6.07) is 14.0. The maximum absolute atomic E-state index is 13.3. The van der Waals surface area contributed by atoms with Gasteiger partial charge < -0.3 is 9.64 Å². The number of sulfone groups is 1. The van der Waals surface area contributed by atoms with Crippen LogP contribution in [0.4, 0.5) is 0 Å². The van der Waals surface area contributed by atoms with Crippen LogP contribution in [0.2, 0.25) is 5.02 Å². The van der Waals surface area contributed by atoms with Gasteiger partial charge in [-0.2, -0.15) is 0 Å². The Morgan fingerprint density at radius 2 is 2.00 bits per heavy atom. The summed E-state index contributed by atoms with van der Waals surface area (Å²) in [7, 11) is -3.13. The molecule has 0 bridgehead atoms. The largest absolute Gasteiger partial charge is 0.494 e. The Morgan fingerprint density at radius 3 is 2.68 bits per heavy atom. The number of carbonyl (C=O) groups excluding carboxylic acids is 1. The van der Waals surface area contributed by atoms with E-state index in [-0.39, 0.29) is 30.0 Å². The number of amides is 1. The lowest BCUT2D eigenvalue weighted by Crippen LogP contribution is -2.40. The molecule has 28 heavy (non-hydrogen) atoms. The molecule has 2 aromatic carbocycles. The second-order valence-electron chi connectivity index (χ2n) is 6.96. The summed E-state index contributed by atoms with van der Waals surface area (Å²) < 4.78 is 29.7. The fourth-order valence-corrected chi connectivity index (χ4v) is 5.23. The number of rotatable bonds is 7. The third kappa shape index (κ3) is 5.06. The molecule has 7 heteroatoms. The van der Waals surface area contributed by atoms with Crippen LogP contribution in [-0.2, 0) is 16.4 Å². The molecule has 0 saturated carbocycles. The zero-order chi connectivity index (χ0) is 20.1. The van der Waals surface area contributed by atoms with Crippen molar-refractivity contribution in [2.24, 2.45) is 0 Å². The molecule has 150 valence electrons. The number of ether oxygens (including phenoxy) is 1. The molecule has 1 saturated heterocycles. The van der Waals surface area contributed by atoms with Crippen molar-refractivity contribution in [2.45, 2.75) is 32.4 Å². The molecule has 1 aliphatic rings. The highest BCUT2D eigenvalue weighted by Gasteiger charge is 2.35. The molecule has 1 amide bonds. The van der Waals surface area contributed by atoms with Crippen molar-refractivity contribution in [3.8, 4) is 5.75 Å². The molecule has 2 aromatic rings. The lowest BCUT2D eigenvalue weighted by Gasteiger charge is -2.29. The molecule has 0 aliphatic carbocycles. The Hall–Kier alpha value is -2.05. The van der Waals surface area contributed by atoms with Crippen LogP contribution >= 0.6 is 11.6 Å². The molecular weight excluding hydrogens is 398 g/mol. The van der Waals surface area contributed by atoms with Crippen molar-refractivity contribution in [1.82, 2.24) is 4.90 Å². The van der Waals surface area contributed by atoms with E-state index in [0.29, 0.717) is 29.4 Å². The third-order valence-corrected chi connectivity index (χ3v) is 6.88. The molecule has 1 heterocycles. The van der Waals surface area contributed by atoms with Crippen LogP contribution < -0.4 is 4.74 Å². The normalized spacial score (nSPS) is 18.0. The number of halogens is 1. The lowest BCUT2D eigenvalue weighted by atomic mass is 10.1. The Balaban J connectivity index is 1.90. The van der Waals surface area contributed by atoms with E-state index in [9.17, 15) is 13.2 Å². The summed E-state index contributed by atoms with van der Waals surface area (Å²) in [6.45, 7) is 2.85. The number of carbonyl (C=O) groups is 1. The zero-order valence-electron chi connectivity index (χ0n) is 15.8. The van der Waals surface area contributed by atoms with Gasteiger partial charge in [0.1, 0.15) is 5.75 Å². The summed E-state index contributed by atoms with van der Waals surface area (Å²) in [5.41, 5.74) is 1.27. The van der Waals surface area contributed by atoms with Crippen molar-refractivity contribution in [3.05, 3.63) is 64.7 Å². The molecule has 0 N–H and O–H groups in total. The highest BCUT2D eigenvalue weighted by Crippen LogP contribution is 2.26. The van der Waals surface area contributed by atoms with Gasteiger partial charge in [-0.25, -0.2) is 8.42 Å². The van der Waals surface area contributed by atoms with Crippen LogP contribution in [0.1, 0.15) is 35.7 Å². The van der Waals surface area contributed by atoms with Gasteiger partial charge >= 0.3 is 0 Å². The van der Waals surface area contributed by atoms with Crippen LogP contribution in [0.25, 0.3) is 0 Å². The minimum Gasteiger partial charge on any atom is -0.494 e. The molecule has 5 nitrogen and oxygen atoms in total. The second kappa shape index (κ2) is 8.97. The van der Waals surface area contributed by atoms with Crippen molar-refractivity contribution >= 4 is 27.3 Å². The van der Waals surface area contributed by atoms with Gasteiger partial charge in [-0.15, -0.1) is 0 Å². The van der Waals surface area contributed by atoms with Crippen LogP contribution in [0.5, 0.6) is 5.75 Å². The van der Waals surface area contributed by atoms with E-state index in [0.717, 1.165) is 12.0 Å². The van der Waals surface area contributed by atoms with E-state index in [1.165, 1.54) is 0 Å². The Labute approximate surface area is 171 Å². The van der Waals surface area contributed by atoms with Gasteiger partial charge in [-0.3, -0.25) is 4.79 Å². The standard InChI is InChI=1S/C21H24ClNO4S/c1-2-11-27-19-8-5-7-16(13-19)21(24)23(18-10-12-28(25,26)15-18)14-17-6-3-4-9-20(17)22/h3-9,13,18H,2,10-12,14-15H2,1H3/t18-/m0/s1. The van der Waals surface area contributed by atoms with Gasteiger partial charge in [-0.05, 0) is 42.7 Å². The summed E-state index contributed by atoms with van der Waals surface area (Å²) in [4.78, 5) is 14.9. The minimum atomic E-state index is -3.13. The Bertz CT molecular complexity index is 945. The molecule has 0 radical (unpaired) electrons. The van der Waals surface area contributed by atoms with Crippen molar-refractivity contribution < 1.29 is 17.9 Å². The summed E-state index contributed by atoms with van der Waals surface area (Å²) >= 11 is 6.29. The van der Waals surface area contributed by atoms with E-state index in [1.807, 2.05) is 31.2 Å². The van der Waals surface area contributed by atoms with Crippen LogP contribution in [0.15, 0.2) is 48.5 Å². The topological polar surface area (TPSA) is 63.7 Å². The van der Waals surface area contributed by atoms with Crippen molar-refractivity contribution in [3.63, 3.8) is 0 Å². The number of benzene rings is 2. The maximum atomic E-state index is 13.3. The monoisotopic (exact) mass is 421 g/mol. The fraction of sp³-hybridized carbons (Fsp3) is 0.381. The third-order valence-electron chi connectivity index (χ3n) is 4.76. The average Bonchev–Trinajstić information content (AvgIpc) is 3.05. The summed E-state index contributed by atoms with van der Waals surface area (Å²) in [5.74, 6) is 0.493. The maximum Gasteiger partial charge on any atom is 0.254 e. The van der Waals surface area contributed by atoms with Crippen molar-refractivity contribution in [1.29, 1.82) is 0 Å². The molecule has 3 rings (SSSR count). The first-order valence-electron chi connectivity index (χ1n) is 9.37. The van der Waals surface area contributed by atoms with Gasteiger partial charge in [0, 0.05) is 23.2 Å². The van der Waals surface area contributed by atoms with Crippen molar-refractivity contribution in [2.75, 3.05) is 18.1 Å². The molecule has 0 aromatic heterocycles. The highest BCUT2D eigenvalue weighted by molar-refractivity contribution is 7.91. The molecule has 1 aliphatic heterocycles. The SMILES string of the molecule is CCCOc1cccc(C(=O)N(Cc2ccccc2Cl)[C@H]2CCS(=O)(=O)C2)c1. The van der Waals surface area contributed by atoms with Gasteiger partial charge in [0.25, 0.3) is 5.91 Å². The first kappa shape index (κ1) is 20.7. The van der Waals surface area contributed by atoms with Gasteiger partial charge in [0.05, 0.1) is 18.1 Å². The van der Waals surface area contributed by atoms with Crippen LogP contribution in [0.3, 0.4) is 0 Å². The van der Waals surface area contributed by atoms with Crippen LogP contribution in [-0.4, -0.2) is 43.4 Å². The lowest BCUT2D eigenvalue weighted by molar-refractivity contribution is 0.0680. The van der Waals surface area contributed by atoms with E-state index >= 15 is 0 Å². The number of hydrogen-bond acceptors (Lipinski definition) is 4.